The number of ether oxygens (including phenoxy) is 3. The molecule has 0 aliphatic carbocycles. The molecule has 1 amide bonds. The summed E-state index contributed by atoms with van der Waals surface area (Å²) in [5, 5.41) is 2.42. The summed E-state index contributed by atoms with van der Waals surface area (Å²) in [6.07, 6.45) is 0. The van der Waals surface area contributed by atoms with E-state index in [9.17, 15) is 17.6 Å². The smallest absolute Gasteiger partial charge is 0.264 e. The number of halogens is 2. The van der Waals surface area contributed by atoms with Crippen molar-refractivity contribution >= 4 is 43.2 Å². The zero-order valence-corrected chi connectivity index (χ0v) is 21.7. The van der Waals surface area contributed by atoms with Crippen LogP contribution in [-0.2, 0) is 14.8 Å². The lowest BCUT2D eigenvalue weighted by Crippen LogP contribution is -2.38. The molecule has 0 saturated carbocycles. The van der Waals surface area contributed by atoms with Crippen LogP contribution in [0.1, 0.15) is 6.92 Å². The summed E-state index contributed by atoms with van der Waals surface area (Å²) < 4.78 is 58.8. The second-order valence-electron chi connectivity index (χ2n) is 7.13. The Kier molecular flexibility index (Phi) is 8.57. The van der Waals surface area contributed by atoms with Crippen molar-refractivity contribution in [1.29, 1.82) is 0 Å². The Morgan fingerprint density at radius 1 is 1.00 bits per heavy atom. The second-order valence-corrected chi connectivity index (χ2v) is 9.91. The maximum absolute atomic E-state index is 14.2. The topological polar surface area (TPSA) is 94.2 Å². The van der Waals surface area contributed by atoms with E-state index < -0.39 is 28.3 Å². The van der Waals surface area contributed by atoms with Gasteiger partial charge in [-0.1, -0.05) is 15.9 Å². The Bertz CT molecular complexity index is 1300. The number of hydrogen-bond donors (Lipinski definition) is 1. The zero-order chi connectivity index (χ0) is 25.6. The van der Waals surface area contributed by atoms with E-state index in [1.54, 1.807) is 18.2 Å². The van der Waals surface area contributed by atoms with E-state index in [0.29, 0.717) is 22.6 Å². The third-order valence-corrected chi connectivity index (χ3v) is 7.13. The maximum atomic E-state index is 14.2. The van der Waals surface area contributed by atoms with Gasteiger partial charge in [-0.25, -0.2) is 12.8 Å². The molecule has 0 aliphatic heterocycles. The molecule has 0 heterocycles. The lowest BCUT2D eigenvalue weighted by atomic mass is 10.3. The van der Waals surface area contributed by atoms with Gasteiger partial charge < -0.3 is 19.5 Å². The maximum Gasteiger partial charge on any atom is 0.264 e. The van der Waals surface area contributed by atoms with Crippen LogP contribution in [0.4, 0.5) is 15.8 Å². The molecular formula is C24H24BrFN2O6S. The summed E-state index contributed by atoms with van der Waals surface area (Å²) in [5.41, 5.74) is 0.142. The minimum atomic E-state index is -4.25. The average Bonchev–Trinajstić information content (AvgIpc) is 2.84. The van der Waals surface area contributed by atoms with Crippen LogP contribution in [-0.4, -0.2) is 41.7 Å². The van der Waals surface area contributed by atoms with Crippen LogP contribution in [0.3, 0.4) is 0 Å². The number of amides is 1. The van der Waals surface area contributed by atoms with E-state index in [4.69, 9.17) is 14.2 Å². The summed E-state index contributed by atoms with van der Waals surface area (Å²) in [6, 6.07) is 14.5. The van der Waals surface area contributed by atoms with Crippen LogP contribution in [0.15, 0.2) is 70.0 Å². The molecular weight excluding hydrogens is 543 g/mol. The molecule has 0 saturated heterocycles. The Labute approximate surface area is 211 Å². The van der Waals surface area contributed by atoms with E-state index in [1.165, 1.54) is 56.7 Å². The van der Waals surface area contributed by atoms with Gasteiger partial charge in [0.25, 0.3) is 10.0 Å². The number of carbonyl (C=O) groups excluding carboxylic acids is 1. The van der Waals surface area contributed by atoms with Gasteiger partial charge in [-0.05, 0) is 61.5 Å². The molecule has 0 radical (unpaired) electrons. The lowest BCUT2D eigenvalue weighted by Gasteiger charge is -2.25. The van der Waals surface area contributed by atoms with Crippen molar-refractivity contribution < 1.29 is 31.8 Å². The van der Waals surface area contributed by atoms with Gasteiger partial charge >= 0.3 is 0 Å². The number of sulfonamides is 1. The van der Waals surface area contributed by atoms with Gasteiger partial charge in [0.05, 0.1) is 37.1 Å². The minimum absolute atomic E-state index is 0.0756. The molecule has 1 N–H and O–H groups in total. The van der Waals surface area contributed by atoms with Gasteiger partial charge in [0.15, 0.2) is 11.5 Å². The molecule has 3 rings (SSSR count). The molecule has 8 nitrogen and oxygen atoms in total. The quantitative estimate of drug-likeness (QED) is 0.377. The van der Waals surface area contributed by atoms with Crippen molar-refractivity contribution in [2.75, 3.05) is 37.0 Å². The summed E-state index contributed by atoms with van der Waals surface area (Å²) in [5.74, 6) is -0.294. The number of benzene rings is 3. The molecule has 3 aromatic carbocycles. The van der Waals surface area contributed by atoms with Crippen molar-refractivity contribution in [3.05, 3.63) is 71.0 Å². The Morgan fingerprint density at radius 2 is 1.69 bits per heavy atom. The number of nitrogens with one attached hydrogen (secondary N) is 1. The number of rotatable bonds is 10. The van der Waals surface area contributed by atoms with E-state index in [-0.39, 0.29) is 22.0 Å². The molecule has 0 aromatic heterocycles. The largest absolute Gasteiger partial charge is 0.494 e. The summed E-state index contributed by atoms with van der Waals surface area (Å²) in [4.78, 5) is 12.7. The van der Waals surface area contributed by atoms with Crippen molar-refractivity contribution in [3.63, 3.8) is 0 Å². The molecule has 0 bridgehead atoms. The standard InChI is InChI=1S/C24H24BrFN2O6S/c1-4-34-18-8-6-17(7-9-18)28(15-24(29)27-21-11-5-16(25)13-20(21)26)35(30,31)19-10-12-22(32-2)23(14-19)33-3/h5-14H,4,15H2,1-3H3,(H,27,29). The van der Waals surface area contributed by atoms with Crippen molar-refractivity contribution in [1.82, 2.24) is 0 Å². The first-order chi connectivity index (χ1) is 16.7. The van der Waals surface area contributed by atoms with E-state index in [1.807, 2.05) is 6.92 Å². The van der Waals surface area contributed by atoms with Crippen molar-refractivity contribution in [2.24, 2.45) is 0 Å². The van der Waals surface area contributed by atoms with Crippen LogP contribution in [0.2, 0.25) is 0 Å². The SMILES string of the molecule is CCOc1ccc(N(CC(=O)Nc2ccc(Br)cc2F)S(=O)(=O)c2ccc(OC)c(OC)c2)cc1. The molecule has 0 aliphatic rings. The number of anilines is 2. The van der Waals surface area contributed by atoms with Crippen molar-refractivity contribution in [2.45, 2.75) is 11.8 Å². The number of methoxy groups -OCH3 is 2. The normalized spacial score (nSPS) is 11.0. The average molecular weight is 567 g/mol. The van der Waals surface area contributed by atoms with Crippen LogP contribution in [0.25, 0.3) is 0 Å². The van der Waals surface area contributed by atoms with E-state index in [0.717, 1.165) is 4.31 Å². The highest BCUT2D eigenvalue weighted by Crippen LogP contribution is 2.32. The van der Waals surface area contributed by atoms with E-state index in [2.05, 4.69) is 21.2 Å². The van der Waals surface area contributed by atoms with Gasteiger partial charge in [-0.2, -0.15) is 0 Å². The molecule has 0 atom stereocenters. The highest BCUT2D eigenvalue weighted by molar-refractivity contribution is 9.10. The highest BCUT2D eigenvalue weighted by atomic mass is 79.9. The second kappa shape index (κ2) is 11.4. The highest BCUT2D eigenvalue weighted by Gasteiger charge is 2.29. The molecule has 0 fully saturated rings. The van der Waals surface area contributed by atoms with Crippen LogP contribution >= 0.6 is 15.9 Å². The molecule has 186 valence electrons. The molecule has 11 heteroatoms. The minimum Gasteiger partial charge on any atom is -0.494 e. The van der Waals surface area contributed by atoms with Gasteiger partial charge in [0.2, 0.25) is 5.91 Å². The fraction of sp³-hybridized carbons (Fsp3) is 0.208. The lowest BCUT2D eigenvalue weighted by molar-refractivity contribution is -0.114. The first-order valence-electron chi connectivity index (χ1n) is 10.4. The van der Waals surface area contributed by atoms with Crippen molar-refractivity contribution in [3.8, 4) is 17.2 Å². The Hall–Kier alpha value is -3.31. The van der Waals surface area contributed by atoms with Crippen LogP contribution in [0.5, 0.6) is 17.2 Å². The Morgan fingerprint density at radius 3 is 2.29 bits per heavy atom. The fourth-order valence-corrected chi connectivity index (χ4v) is 4.98. The first-order valence-corrected chi connectivity index (χ1v) is 12.7. The predicted octanol–water partition coefficient (Wildman–Crippen LogP) is 4.84. The number of nitrogens with zero attached hydrogens (tertiary/aromatic N) is 1. The number of carbonyl (C=O) groups is 1. The molecule has 0 spiro atoms. The zero-order valence-electron chi connectivity index (χ0n) is 19.2. The van der Waals surface area contributed by atoms with Gasteiger partial charge in [0.1, 0.15) is 18.1 Å². The Balaban J connectivity index is 1.99. The third-order valence-electron chi connectivity index (χ3n) is 4.87. The fourth-order valence-electron chi connectivity index (χ4n) is 3.21. The summed E-state index contributed by atoms with van der Waals surface area (Å²) in [6.45, 7) is 1.65. The summed E-state index contributed by atoms with van der Waals surface area (Å²) >= 11 is 3.15. The monoisotopic (exact) mass is 566 g/mol. The molecule has 3 aromatic rings. The molecule has 0 unspecified atom stereocenters. The van der Waals surface area contributed by atoms with Gasteiger partial charge in [-0.3, -0.25) is 9.10 Å². The van der Waals surface area contributed by atoms with Gasteiger partial charge in [0, 0.05) is 10.5 Å². The molecule has 35 heavy (non-hydrogen) atoms. The van der Waals surface area contributed by atoms with Crippen LogP contribution < -0.4 is 23.8 Å². The first kappa shape index (κ1) is 26.3. The van der Waals surface area contributed by atoms with Crippen LogP contribution in [0, 0.1) is 5.82 Å². The van der Waals surface area contributed by atoms with E-state index >= 15 is 0 Å². The number of hydrogen-bond acceptors (Lipinski definition) is 6. The predicted molar refractivity (Wildman–Crippen MR) is 134 cm³/mol. The van der Waals surface area contributed by atoms with Gasteiger partial charge in [-0.15, -0.1) is 0 Å². The third kappa shape index (κ3) is 6.23. The summed E-state index contributed by atoms with van der Waals surface area (Å²) in [7, 11) is -1.42.